The monoisotopic (exact) mass is 308 g/mol. The van der Waals surface area contributed by atoms with Gasteiger partial charge in [-0.1, -0.05) is 12.8 Å². The van der Waals surface area contributed by atoms with Crippen LogP contribution in [-0.2, 0) is 9.53 Å². The Morgan fingerprint density at radius 1 is 1.33 bits per heavy atom. The fraction of sp³-hybridized carbons (Fsp3) is 0.750. The first-order chi connectivity index (χ1) is 10.3. The maximum Gasteiger partial charge on any atom is 0.252 e. The van der Waals surface area contributed by atoms with Crippen LogP contribution in [0.2, 0.25) is 0 Å². The lowest BCUT2D eigenvalue weighted by Crippen LogP contribution is -2.44. The van der Waals surface area contributed by atoms with Gasteiger partial charge in [0.2, 0.25) is 0 Å². The normalized spacial score (nSPS) is 25.2. The van der Waals surface area contributed by atoms with E-state index >= 15 is 0 Å². The average molecular weight is 308 g/mol. The molecule has 5 heteroatoms. The Morgan fingerprint density at radius 2 is 2.10 bits per heavy atom. The van der Waals surface area contributed by atoms with Crippen LogP contribution in [-0.4, -0.2) is 34.5 Å². The second-order valence-electron chi connectivity index (χ2n) is 6.10. The van der Waals surface area contributed by atoms with Crippen LogP contribution in [0.1, 0.15) is 62.9 Å². The van der Waals surface area contributed by atoms with E-state index in [9.17, 15) is 4.79 Å². The maximum absolute atomic E-state index is 12.8. The third kappa shape index (κ3) is 3.46. The van der Waals surface area contributed by atoms with E-state index in [2.05, 4.69) is 4.98 Å². The molecule has 21 heavy (non-hydrogen) atoms. The van der Waals surface area contributed by atoms with E-state index in [4.69, 9.17) is 4.74 Å². The van der Waals surface area contributed by atoms with Gasteiger partial charge in [0.1, 0.15) is 11.1 Å². The van der Waals surface area contributed by atoms with E-state index in [1.165, 1.54) is 19.3 Å². The van der Waals surface area contributed by atoms with E-state index < -0.39 is 0 Å². The molecule has 1 aliphatic heterocycles. The van der Waals surface area contributed by atoms with Gasteiger partial charge in [-0.15, -0.1) is 11.3 Å². The van der Waals surface area contributed by atoms with Crippen molar-refractivity contribution >= 4 is 17.2 Å². The minimum absolute atomic E-state index is 0.141. The van der Waals surface area contributed by atoms with Gasteiger partial charge in [-0.2, -0.15) is 0 Å². The molecule has 0 radical (unpaired) electrons. The Balaban J connectivity index is 1.65. The molecule has 1 aromatic heterocycles. The molecule has 3 rings (SSSR count). The van der Waals surface area contributed by atoms with Crippen LogP contribution >= 0.6 is 11.3 Å². The Bertz CT molecular complexity index is 457. The zero-order valence-electron chi connectivity index (χ0n) is 12.7. The molecule has 1 saturated heterocycles. The molecule has 2 aliphatic rings. The smallest absolute Gasteiger partial charge is 0.252 e. The van der Waals surface area contributed by atoms with Crippen molar-refractivity contribution in [1.29, 1.82) is 0 Å². The fourth-order valence-corrected chi connectivity index (χ4v) is 4.24. The summed E-state index contributed by atoms with van der Waals surface area (Å²) in [6, 6.07) is 0.154. The Kier molecular flexibility index (Phi) is 4.91. The van der Waals surface area contributed by atoms with E-state index in [0.29, 0.717) is 0 Å². The molecule has 1 aliphatic carbocycles. The number of thiazole rings is 1. The van der Waals surface area contributed by atoms with E-state index in [1.54, 1.807) is 11.3 Å². The lowest BCUT2D eigenvalue weighted by atomic mass is 10.0. The van der Waals surface area contributed by atoms with Crippen LogP contribution in [0, 0.1) is 0 Å². The molecule has 0 bridgehead atoms. The van der Waals surface area contributed by atoms with Crippen LogP contribution in [0.3, 0.4) is 0 Å². The number of carbonyl (C=O) groups excluding carboxylic acids is 1. The van der Waals surface area contributed by atoms with Crippen molar-refractivity contribution in [2.45, 2.75) is 70.1 Å². The Labute approximate surface area is 130 Å². The summed E-state index contributed by atoms with van der Waals surface area (Å²) in [6.45, 7) is 2.75. The van der Waals surface area contributed by atoms with Crippen molar-refractivity contribution in [3.8, 4) is 0 Å². The molecule has 0 unspecified atom stereocenters. The van der Waals surface area contributed by atoms with Crippen LogP contribution in [0.15, 0.2) is 11.6 Å². The Morgan fingerprint density at radius 3 is 2.81 bits per heavy atom. The lowest BCUT2D eigenvalue weighted by molar-refractivity contribution is -0.150. The van der Waals surface area contributed by atoms with Gasteiger partial charge in [0.05, 0.1) is 12.1 Å². The first-order valence-corrected chi connectivity index (χ1v) is 8.99. The van der Waals surface area contributed by atoms with Gasteiger partial charge in [-0.05, 0) is 39.0 Å². The van der Waals surface area contributed by atoms with Crippen molar-refractivity contribution in [1.82, 2.24) is 9.88 Å². The minimum atomic E-state index is -0.325. The fourth-order valence-electron chi connectivity index (χ4n) is 3.46. The molecule has 0 N–H and O–H groups in total. The van der Waals surface area contributed by atoms with E-state index in [1.807, 2.05) is 23.4 Å². The van der Waals surface area contributed by atoms with Crippen LogP contribution in [0.4, 0.5) is 0 Å². The summed E-state index contributed by atoms with van der Waals surface area (Å²) in [4.78, 5) is 19.2. The molecule has 1 aromatic rings. The third-order valence-electron chi connectivity index (χ3n) is 4.57. The predicted molar refractivity (Wildman–Crippen MR) is 83.2 cm³/mol. The zero-order valence-corrected chi connectivity index (χ0v) is 13.5. The highest BCUT2D eigenvalue weighted by atomic mass is 32.1. The largest absolute Gasteiger partial charge is 0.365 e. The molecule has 4 nitrogen and oxygen atoms in total. The first-order valence-electron chi connectivity index (χ1n) is 8.11. The summed E-state index contributed by atoms with van der Waals surface area (Å²) < 4.78 is 5.98. The van der Waals surface area contributed by atoms with Crippen LogP contribution < -0.4 is 0 Å². The molecule has 2 heterocycles. The minimum Gasteiger partial charge on any atom is -0.365 e. The van der Waals surface area contributed by atoms with E-state index in [-0.39, 0.29) is 24.2 Å². The van der Waals surface area contributed by atoms with Gasteiger partial charge in [-0.3, -0.25) is 4.79 Å². The summed E-state index contributed by atoms with van der Waals surface area (Å²) in [5, 5.41) is 3.06. The van der Waals surface area contributed by atoms with Crippen molar-refractivity contribution in [2.24, 2.45) is 0 Å². The van der Waals surface area contributed by atoms with Gasteiger partial charge < -0.3 is 9.64 Å². The number of piperidine rings is 1. The number of ether oxygens (including phenoxy) is 1. The number of aromatic nitrogens is 1. The SMILES string of the molecule is C[C@H](OC1CCCC1)C(=O)N1CCCC[C@@H]1c1nccs1. The second kappa shape index (κ2) is 6.88. The summed E-state index contributed by atoms with van der Waals surface area (Å²) in [5.74, 6) is 0.141. The lowest BCUT2D eigenvalue weighted by Gasteiger charge is -2.36. The van der Waals surface area contributed by atoms with E-state index in [0.717, 1.165) is 37.2 Å². The summed E-state index contributed by atoms with van der Waals surface area (Å²) in [5.41, 5.74) is 0. The van der Waals surface area contributed by atoms with Gasteiger partial charge in [-0.25, -0.2) is 4.98 Å². The molecular weight excluding hydrogens is 284 g/mol. The standard InChI is InChI=1S/C16H24N2O2S/c1-12(20-13-6-2-3-7-13)16(19)18-10-5-4-8-14(18)15-17-9-11-21-15/h9,11-14H,2-8,10H2,1H3/t12-,14+/m0/s1. The van der Waals surface area contributed by atoms with Gasteiger partial charge in [0.15, 0.2) is 0 Å². The van der Waals surface area contributed by atoms with Crippen LogP contribution in [0.5, 0.6) is 0 Å². The third-order valence-corrected chi connectivity index (χ3v) is 5.45. The van der Waals surface area contributed by atoms with Crippen LogP contribution in [0.25, 0.3) is 0 Å². The number of hydrogen-bond acceptors (Lipinski definition) is 4. The van der Waals surface area contributed by atoms with Crippen molar-refractivity contribution in [2.75, 3.05) is 6.54 Å². The zero-order chi connectivity index (χ0) is 14.7. The highest BCUT2D eigenvalue weighted by Gasteiger charge is 2.33. The number of amides is 1. The van der Waals surface area contributed by atoms with Crippen molar-refractivity contribution in [3.05, 3.63) is 16.6 Å². The number of likely N-dealkylation sites (tertiary alicyclic amines) is 1. The summed E-state index contributed by atoms with van der Waals surface area (Å²) >= 11 is 1.65. The molecule has 0 aromatic carbocycles. The second-order valence-corrected chi connectivity index (χ2v) is 7.02. The number of rotatable bonds is 4. The maximum atomic E-state index is 12.8. The highest BCUT2D eigenvalue weighted by Crippen LogP contribution is 2.33. The summed E-state index contributed by atoms with van der Waals surface area (Å²) in [6.07, 6.45) is 9.75. The van der Waals surface area contributed by atoms with Gasteiger partial charge in [0, 0.05) is 18.1 Å². The molecule has 1 saturated carbocycles. The van der Waals surface area contributed by atoms with Crippen molar-refractivity contribution in [3.63, 3.8) is 0 Å². The van der Waals surface area contributed by atoms with Gasteiger partial charge >= 0.3 is 0 Å². The highest BCUT2D eigenvalue weighted by molar-refractivity contribution is 7.09. The molecule has 0 spiro atoms. The topological polar surface area (TPSA) is 42.4 Å². The molecular formula is C16H24N2O2S. The molecule has 2 fully saturated rings. The Hall–Kier alpha value is -0.940. The van der Waals surface area contributed by atoms with Gasteiger partial charge in [0.25, 0.3) is 5.91 Å². The molecule has 1 amide bonds. The molecule has 2 atom stereocenters. The summed E-state index contributed by atoms with van der Waals surface area (Å²) in [7, 11) is 0. The molecule has 116 valence electrons. The van der Waals surface area contributed by atoms with Crippen molar-refractivity contribution < 1.29 is 9.53 Å². The quantitative estimate of drug-likeness (QED) is 0.854. The number of carbonyl (C=O) groups is 1. The number of hydrogen-bond donors (Lipinski definition) is 0. The predicted octanol–water partition coefficient (Wildman–Crippen LogP) is 3.54. The average Bonchev–Trinajstić information content (AvgIpc) is 3.19. The number of nitrogens with zero attached hydrogens (tertiary/aromatic N) is 2. The first kappa shape index (κ1) is 15.0.